The van der Waals surface area contributed by atoms with Crippen LogP contribution in [0.3, 0.4) is 0 Å². The largest absolute Gasteiger partial charge is 0.338 e. The van der Waals surface area contributed by atoms with Gasteiger partial charge >= 0.3 is 0 Å². The third-order valence-corrected chi connectivity index (χ3v) is 4.10. The smallest absolute Gasteiger partial charge is 0.225 e. The molecule has 1 aliphatic carbocycles. The number of hydrogen-bond donors (Lipinski definition) is 1. The van der Waals surface area contributed by atoms with Gasteiger partial charge in [-0.05, 0) is 37.8 Å². The zero-order chi connectivity index (χ0) is 13.1. The minimum absolute atomic E-state index is 0.318. The Balaban J connectivity index is 1.72. The van der Waals surface area contributed by atoms with Crippen LogP contribution in [0.5, 0.6) is 0 Å². The lowest BCUT2D eigenvalue weighted by Gasteiger charge is -2.30. The summed E-state index contributed by atoms with van der Waals surface area (Å²) in [6.07, 6.45) is 4.23. The summed E-state index contributed by atoms with van der Waals surface area (Å²) in [4.78, 5) is 14.6. The highest BCUT2D eigenvalue weighted by atomic mass is 16.2. The first-order valence-electron chi connectivity index (χ1n) is 7.40. The Morgan fingerprint density at radius 2 is 2.05 bits per heavy atom. The van der Waals surface area contributed by atoms with Crippen LogP contribution in [0.25, 0.3) is 0 Å². The first kappa shape index (κ1) is 12.7. The average Bonchev–Trinajstić information content (AvgIpc) is 3.27. The summed E-state index contributed by atoms with van der Waals surface area (Å²) in [6.45, 7) is 2.87. The van der Waals surface area contributed by atoms with Crippen molar-refractivity contribution >= 4 is 5.91 Å². The fraction of sp³-hybridized carbons (Fsp3) is 0.562. The predicted octanol–water partition coefficient (Wildman–Crippen LogP) is 1.83. The molecule has 1 saturated carbocycles. The van der Waals surface area contributed by atoms with Gasteiger partial charge in [0, 0.05) is 25.0 Å². The number of nitrogens with one attached hydrogen (secondary N) is 1. The molecule has 2 aliphatic rings. The normalized spacial score (nSPS) is 24.0. The van der Waals surface area contributed by atoms with Gasteiger partial charge in [0.15, 0.2) is 0 Å². The van der Waals surface area contributed by atoms with Crippen molar-refractivity contribution in [1.29, 1.82) is 0 Å². The van der Waals surface area contributed by atoms with Gasteiger partial charge in [0.25, 0.3) is 0 Å². The SMILES string of the molecule is O=C(C1CC1)N1CCCNCC1Cc1ccccc1. The first-order chi connectivity index (χ1) is 9.34. The molecular formula is C16H22N2O. The zero-order valence-electron chi connectivity index (χ0n) is 11.3. The maximum absolute atomic E-state index is 12.4. The topological polar surface area (TPSA) is 32.3 Å². The standard InChI is InChI=1S/C16H22N2O/c19-16(14-7-8-14)18-10-4-9-17-12-15(18)11-13-5-2-1-3-6-13/h1-3,5-6,14-15,17H,4,7-12H2. The number of carbonyl (C=O) groups is 1. The van der Waals surface area contributed by atoms with E-state index < -0.39 is 0 Å². The third-order valence-electron chi connectivity index (χ3n) is 4.10. The number of carbonyl (C=O) groups excluding carboxylic acids is 1. The lowest BCUT2D eigenvalue weighted by Crippen LogP contribution is -2.45. The molecule has 1 aromatic carbocycles. The van der Waals surface area contributed by atoms with Crippen LogP contribution in [-0.4, -0.2) is 36.5 Å². The summed E-state index contributed by atoms with van der Waals surface area (Å²) in [5.74, 6) is 0.723. The summed E-state index contributed by atoms with van der Waals surface area (Å²) in [5.41, 5.74) is 1.32. The van der Waals surface area contributed by atoms with E-state index in [1.165, 1.54) is 5.56 Å². The van der Waals surface area contributed by atoms with E-state index in [4.69, 9.17) is 0 Å². The molecule has 3 heteroatoms. The maximum atomic E-state index is 12.4. The Kier molecular flexibility index (Phi) is 3.83. The van der Waals surface area contributed by atoms with E-state index in [0.29, 0.717) is 17.9 Å². The number of nitrogens with zero attached hydrogens (tertiary/aromatic N) is 1. The molecule has 0 spiro atoms. The fourth-order valence-corrected chi connectivity index (χ4v) is 2.86. The Hall–Kier alpha value is -1.35. The van der Waals surface area contributed by atoms with Gasteiger partial charge in [0.1, 0.15) is 0 Å². The number of rotatable bonds is 3. The van der Waals surface area contributed by atoms with Crippen molar-refractivity contribution in [1.82, 2.24) is 10.2 Å². The molecule has 0 aromatic heterocycles. The third kappa shape index (κ3) is 3.16. The zero-order valence-corrected chi connectivity index (χ0v) is 11.3. The monoisotopic (exact) mass is 258 g/mol. The van der Waals surface area contributed by atoms with Crippen LogP contribution in [0.1, 0.15) is 24.8 Å². The molecule has 3 nitrogen and oxygen atoms in total. The molecule has 1 amide bonds. The molecule has 3 rings (SSSR count). The molecule has 1 unspecified atom stereocenters. The highest BCUT2D eigenvalue weighted by Crippen LogP contribution is 2.32. The highest BCUT2D eigenvalue weighted by Gasteiger charge is 2.36. The van der Waals surface area contributed by atoms with Crippen LogP contribution >= 0.6 is 0 Å². The molecular weight excluding hydrogens is 236 g/mol. The molecule has 1 atom stereocenters. The van der Waals surface area contributed by atoms with Gasteiger partial charge in [-0.15, -0.1) is 0 Å². The van der Waals surface area contributed by atoms with E-state index in [0.717, 1.165) is 45.3 Å². The van der Waals surface area contributed by atoms with Crippen LogP contribution in [0.15, 0.2) is 30.3 Å². The van der Waals surface area contributed by atoms with Gasteiger partial charge in [-0.25, -0.2) is 0 Å². The molecule has 1 aliphatic heterocycles. The van der Waals surface area contributed by atoms with Gasteiger partial charge in [-0.1, -0.05) is 30.3 Å². The van der Waals surface area contributed by atoms with Crippen molar-refractivity contribution in [2.45, 2.75) is 31.7 Å². The van der Waals surface area contributed by atoms with Crippen molar-refractivity contribution in [2.24, 2.45) is 5.92 Å². The molecule has 1 N–H and O–H groups in total. The van der Waals surface area contributed by atoms with E-state index in [-0.39, 0.29) is 0 Å². The second-order valence-corrected chi connectivity index (χ2v) is 5.71. The predicted molar refractivity (Wildman–Crippen MR) is 75.9 cm³/mol. The lowest BCUT2D eigenvalue weighted by atomic mass is 10.0. The summed E-state index contributed by atoms with van der Waals surface area (Å²) in [6, 6.07) is 10.8. The first-order valence-corrected chi connectivity index (χ1v) is 7.40. The van der Waals surface area contributed by atoms with E-state index in [9.17, 15) is 4.79 Å². The molecule has 1 aromatic rings. The average molecular weight is 258 g/mol. The van der Waals surface area contributed by atoms with E-state index in [1.807, 2.05) is 6.07 Å². The van der Waals surface area contributed by atoms with Crippen LogP contribution < -0.4 is 5.32 Å². The quantitative estimate of drug-likeness (QED) is 0.897. The Bertz CT molecular complexity index is 428. The lowest BCUT2D eigenvalue weighted by molar-refractivity contribution is -0.134. The van der Waals surface area contributed by atoms with Crippen molar-refractivity contribution in [3.8, 4) is 0 Å². The van der Waals surface area contributed by atoms with Crippen molar-refractivity contribution in [3.05, 3.63) is 35.9 Å². The Morgan fingerprint density at radius 1 is 1.26 bits per heavy atom. The van der Waals surface area contributed by atoms with Gasteiger partial charge in [0.2, 0.25) is 5.91 Å². The van der Waals surface area contributed by atoms with E-state index in [1.54, 1.807) is 0 Å². The second-order valence-electron chi connectivity index (χ2n) is 5.71. The van der Waals surface area contributed by atoms with E-state index in [2.05, 4.69) is 34.5 Å². The van der Waals surface area contributed by atoms with Crippen molar-refractivity contribution in [3.63, 3.8) is 0 Å². The maximum Gasteiger partial charge on any atom is 0.225 e. The van der Waals surface area contributed by atoms with Gasteiger partial charge < -0.3 is 10.2 Å². The number of hydrogen-bond acceptors (Lipinski definition) is 2. The summed E-state index contributed by atoms with van der Waals surface area (Å²) < 4.78 is 0. The molecule has 2 fully saturated rings. The van der Waals surface area contributed by atoms with Crippen molar-refractivity contribution in [2.75, 3.05) is 19.6 Å². The van der Waals surface area contributed by atoms with Gasteiger partial charge in [-0.2, -0.15) is 0 Å². The summed E-state index contributed by atoms with van der Waals surface area (Å²) >= 11 is 0. The molecule has 102 valence electrons. The highest BCUT2D eigenvalue weighted by molar-refractivity contribution is 5.81. The van der Waals surface area contributed by atoms with Crippen LogP contribution in [0.4, 0.5) is 0 Å². The summed E-state index contributed by atoms with van der Waals surface area (Å²) in [7, 11) is 0. The van der Waals surface area contributed by atoms with Crippen LogP contribution in [0.2, 0.25) is 0 Å². The van der Waals surface area contributed by atoms with Gasteiger partial charge in [-0.3, -0.25) is 4.79 Å². The molecule has 1 saturated heterocycles. The minimum atomic E-state index is 0.318. The van der Waals surface area contributed by atoms with Crippen LogP contribution in [0, 0.1) is 5.92 Å². The van der Waals surface area contributed by atoms with Gasteiger partial charge in [0.05, 0.1) is 0 Å². The molecule has 1 heterocycles. The Morgan fingerprint density at radius 3 is 2.79 bits per heavy atom. The van der Waals surface area contributed by atoms with E-state index >= 15 is 0 Å². The molecule has 0 radical (unpaired) electrons. The Labute approximate surface area is 115 Å². The second kappa shape index (κ2) is 5.74. The minimum Gasteiger partial charge on any atom is -0.338 e. The number of benzene rings is 1. The summed E-state index contributed by atoms with van der Waals surface area (Å²) in [5, 5.41) is 3.47. The number of amides is 1. The molecule has 19 heavy (non-hydrogen) atoms. The van der Waals surface area contributed by atoms with Crippen LogP contribution in [-0.2, 0) is 11.2 Å². The molecule has 0 bridgehead atoms. The van der Waals surface area contributed by atoms with Crippen molar-refractivity contribution < 1.29 is 4.79 Å². The fourth-order valence-electron chi connectivity index (χ4n) is 2.86.